The van der Waals surface area contributed by atoms with Gasteiger partial charge in [-0.05, 0) is 122 Å². The molecule has 0 aliphatic heterocycles. The van der Waals surface area contributed by atoms with E-state index < -0.39 is 76.5 Å². The molecule has 0 spiro atoms. The molecule has 0 saturated heterocycles. The zero-order chi connectivity index (χ0) is 58.0. The molecule has 6 aromatic carbocycles. The summed E-state index contributed by atoms with van der Waals surface area (Å²) in [5.41, 5.74) is -0.149. The number of phenolic OH excluding ortho intramolecular Hbond substituents is 1. The Morgan fingerprint density at radius 1 is 0.512 bits per heavy atom. The van der Waals surface area contributed by atoms with Gasteiger partial charge in [0.2, 0.25) is 10.3 Å². The Morgan fingerprint density at radius 3 is 1.36 bits per heavy atom. The highest BCUT2D eigenvalue weighted by Gasteiger charge is 2.34. The monoisotopic (exact) mass is 1200 g/mol. The van der Waals surface area contributed by atoms with Crippen LogP contribution < -0.4 is 32.3 Å². The number of phenols is 1. The van der Waals surface area contributed by atoms with E-state index in [1.807, 2.05) is 0 Å². The lowest BCUT2D eigenvalue weighted by Crippen LogP contribution is -2.30. The SMILES string of the molecule is C.COc1ccc(CN(c2ncns2)S(=O)(=O)c2ccc(F)c(F)c2)c(OC)c1.COc1ccc(CN(c2ncns2)S(=O)(=O)c2ccc(Oc3cc(C)cc(C(F)(F)F)c3)c(F)c2)c(OC)c1.Cc1cc(O)cc(C(F)(F)F)c1. The third kappa shape index (κ3) is 15.7. The van der Waals surface area contributed by atoms with E-state index in [2.05, 4.69) is 18.7 Å². The van der Waals surface area contributed by atoms with Crippen molar-refractivity contribution >= 4 is 53.4 Å². The molecule has 8 aromatic rings. The number of ether oxygens (including phenoxy) is 5. The first-order valence-corrected chi connectivity index (χ1v) is 26.6. The van der Waals surface area contributed by atoms with E-state index in [4.69, 9.17) is 28.8 Å². The van der Waals surface area contributed by atoms with Crippen LogP contribution in [0.2, 0.25) is 0 Å². The summed E-state index contributed by atoms with van der Waals surface area (Å²) < 4.78 is 207. The number of benzene rings is 6. The molecule has 0 aliphatic carbocycles. The molecule has 29 heteroatoms. The molecule has 0 radical (unpaired) electrons. The summed E-state index contributed by atoms with van der Waals surface area (Å²) in [6.45, 7) is 2.54. The Hall–Kier alpha value is -7.89. The van der Waals surface area contributed by atoms with Gasteiger partial charge in [0.25, 0.3) is 20.0 Å². The maximum atomic E-state index is 15.0. The highest BCUT2D eigenvalue weighted by Crippen LogP contribution is 2.38. The number of halogens is 9. The van der Waals surface area contributed by atoms with Gasteiger partial charge in [0.05, 0.1) is 62.4 Å². The van der Waals surface area contributed by atoms with E-state index in [9.17, 15) is 52.0 Å². The largest absolute Gasteiger partial charge is 0.508 e. The number of nitrogens with zero attached hydrogens (tertiary/aromatic N) is 6. The summed E-state index contributed by atoms with van der Waals surface area (Å²) in [5, 5.41) is 8.95. The first-order chi connectivity index (χ1) is 37.2. The van der Waals surface area contributed by atoms with E-state index in [0.29, 0.717) is 51.8 Å². The zero-order valence-electron chi connectivity index (χ0n) is 41.8. The van der Waals surface area contributed by atoms with Crippen LogP contribution in [0.4, 0.5) is 49.8 Å². The number of hydrogen-bond donors (Lipinski definition) is 1. The van der Waals surface area contributed by atoms with Crippen molar-refractivity contribution in [3.05, 3.63) is 173 Å². The minimum atomic E-state index is -4.62. The summed E-state index contributed by atoms with van der Waals surface area (Å²) in [6, 6.07) is 20.9. The summed E-state index contributed by atoms with van der Waals surface area (Å²) in [7, 11) is -2.82. The van der Waals surface area contributed by atoms with Crippen molar-refractivity contribution in [3.8, 4) is 40.2 Å². The lowest BCUT2D eigenvalue weighted by atomic mass is 10.1. The summed E-state index contributed by atoms with van der Waals surface area (Å²) in [4.78, 5) is 7.12. The number of aromatic hydroxyl groups is 1. The summed E-state index contributed by atoms with van der Waals surface area (Å²) in [6.07, 6.45) is -6.62. The molecule has 1 N–H and O–H groups in total. The normalized spacial score (nSPS) is 11.4. The standard InChI is InChI=1S/C25H21F4N3O5S2.C17H15F2N3O4S2.C8H7F3O.CH4/c1-15-8-17(25(27,28)29)10-19(9-15)37-22-7-6-20(12-21(22)26)39(33,34)32(24-30-14-31-38-24)13-16-4-5-18(35-2)11-23(16)36-3;1-25-12-4-3-11(16(7-12)26-2)9-22(17-20-10-21-27-17)28(23,24)13-5-6-14(18)15(19)8-13;1-5-2-6(8(9,10)11)4-7(12)3-5;/h4-12,14H,13H2,1-3H3;3-8,10H,9H2,1-2H3;2-4,12H,1H3;1H4. The highest BCUT2D eigenvalue weighted by atomic mass is 32.2. The van der Waals surface area contributed by atoms with Crippen molar-refractivity contribution < 1.29 is 85.1 Å². The molecule has 0 unspecified atom stereocenters. The third-order valence-corrected chi connectivity index (χ3v) is 15.8. The molecule has 0 fully saturated rings. The predicted octanol–water partition coefficient (Wildman–Crippen LogP) is 12.8. The second-order valence-corrected chi connectivity index (χ2v) is 21.4. The Kier molecular flexibility index (Phi) is 20.8. The molecule has 0 amide bonds. The van der Waals surface area contributed by atoms with Gasteiger partial charge in [-0.25, -0.2) is 48.6 Å². The van der Waals surface area contributed by atoms with Gasteiger partial charge in [0, 0.05) is 46.3 Å². The lowest BCUT2D eigenvalue weighted by molar-refractivity contribution is -0.138. The molecule has 428 valence electrons. The van der Waals surface area contributed by atoms with Crippen LogP contribution in [0.25, 0.3) is 0 Å². The predicted molar refractivity (Wildman–Crippen MR) is 279 cm³/mol. The van der Waals surface area contributed by atoms with Gasteiger partial charge in [-0.1, -0.05) is 7.43 Å². The van der Waals surface area contributed by atoms with Crippen LogP contribution in [0, 0.1) is 31.3 Å². The van der Waals surface area contributed by atoms with Crippen LogP contribution in [0.15, 0.2) is 132 Å². The van der Waals surface area contributed by atoms with Gasteiger partial charge >= 0.3 is 12.4 Å². The third-order valence-electron chi connectivity index (χ3n) is 10.7. The van der Waals surface area contributed by atoms with Crippen molar-refractivity contribution in [2.75, 3.05) is 37.0 Å². The van der Waals surface area contributed by atoms with Crippen LogP contribution >= 0.6 is 23.1 Å². The van der Waals surface area contributed by atoms with Crippen molar-refractivity contribution in [2.45, 2.75) is 56.5 Å². The topological polar surface area (TPSA) is 193 Å². The smallest absolute Gasteiger partial charge is 0.416 e. The molecular weight excluding hydrogens is 1160 g/mol. The molecule has 2 aromatic heterocycles. The van der Waals surface area contributed by atoms with E-state index >= 15 is 4.39 Å². The van der Waals surface area contributed by atoms with Gasteiger partial charge in [-0.3, -0.25) is 0 Å². The molecule has 0 saturated carbocycles. The van der Waals surface area contributed by atoms with Gasteiger partial charge in [0.1, 0.15) is 47.2 Å². The van der Waals surface area contributed by atoms with E-state index in [-0.39, 0.29) is 47.8 Å². The first kappa shape index (κ1) is 62.9. The lowest BCUT2D eigenvalue weighted by Gasteiger charge is -2.23. The second kappa shape index (κ2) is 26.4. The fourth-order valence-electron chi connectivity index (χ4n) is 6.98. The van der Waals surface area contributed by atoms with Crippen LogP contribution in [0.1, 0.15) is 40.8 Å². The number of anilines is 2. The van der Waals surface area contributed by atoms with Gasteiger partial charge in [-0.2, -0.15) is 35.1 Å². The van der Waals surface area contributed by atoms with Crippen LogP contribution in [0.5, 0.6) is 40.2 Å². The molecule has 80 heavy (non-hydrogen) atoms. The van der Waals surface area contributed by atoms with E-state index in [1.165, 1.54) is 67.1 Å². The first-order valence-electron chi connectivity index (χ1n) is 22.2. The zero-order valence-corrected chi connectivity index (χ0v) is 45.1. The van der Waals surface area contributed by atoms with Gasteiger partial charge in [0.15, 0.2) is 23.2 Å². The quantitative estimate of drug-likeness (QED) is 0.0898. The maximum Gasteiger partial charge on any atom is 0.416 e. The van der Waals surface area contributed by atoms with Crippen LogP contribution in [0.3, 0.4) is 0 Å². The Balaban J connectivity index is 0.000000249. The molecular formula is C51H47F9N6O10S4. The number of alkyl halides is 6. The van der Waals surface area contributed by atoms with Crippen molar-refractivity contribution in [1.82, 2.24) is 18.7 Å². The fourth-order valence-corrected chi connectivity index (χ4v) is 11.3. The molecule has 0 aliphatic rings. The average molecular weight is 1200 g/mol. The van der Waals surface area contributed by atoms with E-state index in [0.717, 1.165) is 80.2 Å². The minimum absolute atomic E-state index is 0. The van der Waals surface area contributed by atoms with Gasteiger partial charge in [-0.15, -0.1) is 0 Å². The fraction of sp³-hybridized carbons (Fsp3) is 0.216. The number of sulfonamides is 2. The number of methoxy groups -OCH3 is 4. The number of aromatic nitrogens is 4. The Labute approximate surface area is 461 Å². The molecule has 2 heterocycles. The summed E-state index contributed by atoms with van der Waals surface area (Å²) in [5.74, 6) is -2.78. The van der Waals surface area contributed by atoms with E-state index in [1.54, 1.807) is 36.4 Å². The number of aryl methyl sites for hydroxylation is 2. The second-order valence-electron chi connectivity index (χ2n) is 16.2. The average Bonchev–Trinajstić information content (AvgIpc) is 4.26. The number of rotatable bonds is 16. The molecule has 16 nitrogen and oxygen atoms in total. The van der Waals surface area contributed by atoms with Crippen molar-refractivity contribution in [2.24, 2.45) is 0 Å². The molecule has 0 bridgehead atoms. The van der Waals surface area contributed by atoms with Crippen LogP contribution in [-0.4, -0.2) is 69.1 Å². The highest BCUT2D eigenvalue weighted by molar-refractivity contribution is 7.93. The Morgan fingerprint density at radius 2 is 0.963 bits per heavy atom. The molecule has 8 rings (SSSR count). The Bertz CT molecular complexity index is 3600. The van der Waals surface area contributed by atoms with Crippen LogP contribution in [-0.2, 0) is 45.5 Å². The maximum absolute atomic E-state index is 15.0. The van der Waals surface area contributed by atoms with Crippen molar-refractivity contribution in [1.29, 1.82) is 0 Å². The van der Waals surface area contributed by atoms with Gasteiger partial charge < -0.3 is 28.8 Å². The number of hydrogen-bond acceptors (Lipinski definition) is 16. The molecule has 0 atom stereocenters. The summed E-state index contributed by atoms with van der Waals surface area (Å²) >= 11 is 1.67. The minimum Gasteiger partial charge on any atom is -0.508 e. The van der Waals surface area contributed by atoms with Crippen molar-refractivity contribution in [3.63, 3.8) is 0 Å².